The molecule has 84 valence electrons. The average Bonchev–Trinajstić information content (AvgIpc) is 2.64. The van der Waals surface area contributed by atoms with Crippen molar-refractivity contribution in [1.82, 2.24) is 4.98 Å². The van der Waals surface area contributed by atoms with Crippen molar-refractivity contribution in [3.05, 3.63) is 28.9 Å². The molecule has 0 bridgehead atoms. The predicted octanol–water partition coefficient (Wildman–Crippen LogP) is 3.24. The Hall–Kier alpha value is -1.27. The Morgan fingerprint density at radius 2 is 2.31 bits per heavy atom. The first-order valence-electron chi connectivity index (χ1n) is 4.51. The highest BCUT2D eigenvalue weighted by Crippen LogP contribution is 2.30. The standard InChI is InChI=1S/C10H10BrN3OS/c1-15-8-3-2-6(4-7(8)11)14-10-13-5-9(12)16-10/h2-5H,12H2,1H3,(H,13,14). The molecular weight excluding hydrogens is 290 g/mol. The van der Waals surface area contributed by atoms with Crippen LogP contribution in [0.4, 0.5) is 15.8 Å². The molecule has 0 aliphatic carbocycles. The summed E-state index contributed by atoms with van der Waals surface area (Å²) in [6.45, 7) is 0. The largest absolute Gasteiger partial charge is 0.496 e. The summed E-state index contributed by atoms with van der Waals surface area (Å²) >= 11 is 4.83. The Kier molecular flexibility index (Phi) is 3.31. The number of nitrogens with one attached hydrogen (secondary N) is 1. The molecule has 4 nitrogen and oxygen atoms in total. The van der Waals surface area contributed by atoms with Crippen molar-refractivity contribution in [1.29, 1.82) is 0 Å². The molecule has 0 amide bonds. The number of halogens is 1. The third-order valence-corrected chi connectivity index (χ3v) is 3.29. The molecule has 0 aliphatic rings. The van der Waals surface area contributed by atoms with Crippen LogP contribution in [-0.4, -0.2) is 12.1 Å². The number of benzene rings is 1. The first kappa shape index (κ1) is 11.2. The van der Waals surface area contributed by atoms with E-state index in [9.17, 15) is 0 Å². The van der Waals surface area contributed by atoms with Crippen molar-refractivity contribution in [3.8, 4) is 5.75 Å². The van der Waals surface area contributed by atoms with E-state index >= 15 is 0 Å². The van der Waals surface area contributed by atoms with E-state index in [0.717, 1.165) is 21.0 Å². The second kappa shape index (κ2) is 4.71. The fourth-order valence-electron chi connectivity index (χ4n) is 1.21. The minimum absolute atomic E-state index is 0.690. The number of ether oxygens (including phenoxy) is 1. The molecule has 1 aromatic carbocycles. The number of nitrogens with zero attached hydrogens (tertiary/aromatic N) is 1. The van der Waals surface area contributed by atoms with Crippen molar-refractivity contribution in [3.63, 3.8) is 0 Å². The maximum Gasteiger partial charge on any atom is 0.189 e. The zero-order valence-electron chi connectivity index (χ0n) is 8.53. The highest BCUT2D eigenvalue weighted by molar-refractivity contribution is 9.10. The Balaban J connectivity index is 2.19. The molecule has 0 fully saturated rings. The molecule has 1 heterocycles. The second-order valence-corrected chi connectivity index (χ2v) is 4.96. The van der Waals surface area contributed by atoms with Gasteiger partial charge >= 0.3 is 0 Å². The molecular formula is C10H10BrN3OS. The van der Waals surface area contributed by atoms with Crippen LogP contribution >= 0.6 is 27.3 Å². The van der Waals surface area contributed by atoms with Crippen molar-refractivity contribution < 1.29 is 4.74 Å². The third kappa shape index (κ3) is 2.45. The lowest BCUT2D eigenvalue weighted by Gasteiger charge is -2.06. The van der Waals surface area contributed by atoms with E-state index in [1.54, 1.807) is 13.3 Å². The van der Waals surface area contributed by atoms with Gasteiger partial charge in [0.25, 0.3) is 0 Å². The summed E-state index contributed by atoms with van der Waals surface area (Å²) in [6, 6.07) is 5.72. The normalized spacial score (nSPS) is 10.1. The number of aromatic nitrogens is 1. The van der Waals surface area contributed by atoms with Gasteiger partial charge in [0.2, 0.25) is 0 Å². The lowest BCUT2D eigenvalue weighted by molar-refractivity contribution is 0.412. The summed E-state index contributed by atoms with van der Waals surface area (Å²) in [4.78, 5) is 4.12. The number of nitrogen functional groups attached to an aromatic ring is 1. The van der Waals surface area contributed by atoms with Crippen LogP contribution in [0.1, 0.15) is 0 Å². The van der Waals surface area contributed by atoms with Crippen LogP contribution in [0.5, 0.6) is 5.75 Å². The van der Waals surface area contributed by atoms with Crippen LogP contribution < -0.4 is 15.8 Å². The van der Waals surface area contributed by atoms with E-state index in [0.29, 0.717) is 5.00 Å². The van der Waals surface area contributed by atoms with Gasteiger partial charge in [0, 0.05) is 5.69 Å². The topological polar surface area (TPSA) is 60.2 Å². The van der Waals surface area contributed by atoms with Crippen LogP contribution in [-0.2, 0) is 0 Å². The van der Waals surface area contributed by atoms with Crippen LogP contribution in [0.15, 0.2) is 28.9 Å². The molecule has 6 heteroatoms. The van der Waals surface area contributed by atoms with E-state index in [-0.39, 0.29) is 0 Å². The molecule has 3 N–H and O–H groups in total. The summed E-state index contributed by atoms with van der Waals surface area (Å²) < 4.78 is 6.04. The highest BCUT2D eigenvalue weighted by atomic mass is 79.9. The molecule has 0 saturated heterocycles. The molecule has 16 heavy (non-hydrogen) atoms. The lowest BCUT2D eigenvalue weighted by Crippen LogP contribution is -1.90. The molecule has 0 unspecified atom stereocenters. The number of methoxy groups -OCH3 is 1. The summed E-state index contributed by atoms with van der Waals surface area (Å²) in [7, 11) is 1.63. The number of rotatable bonds is 3. The first-order chi connectivity index (χ1) is 7.69. The minimum Gasteiger partial charge on any atom is -0.496 e. The van der Waals surface area contributed by atoms with E-state index in [4.69, 9.17) is 10.5 Å². The Morgan fingerprint density at radius 1 is 1.50 bits per heavy atom. The highest BCUT2D eigenvalue weighted by Gasteiger charge is 2.03. The number of thiazole rings is 1. The maximum absolute atomic E-state index is 5.59. The molecule has 2 rings (SSSR count). The lowest BCUT2D eigenvalue weighted by atomic mass is 10.3. The Labute approximate surface area is 106 Å². The fourth-order valence-corrected chi connectivity index (χ4v) is 2.36. The summed E-state index contributed by atoms with van der Waals surface area (Å²) in [5.41, 5.74) is 6.53. The van der Waals surface area contributed by atoms with Crippen LogP contribution in [0.2, 0.25) is 0 Å². The number of nitrogens with two attached hydrogens (primary N) is 1. The SMILES string of the molecule is COc1ccc(Nc2ncc(N)s2)cc1Br. The molecule has 0 aliphatic heterocycles. The average molecular weight is 300 g/mol. The number of hydrogen-bond acceptors (Lipinski definition) is 5. The number of hydrogen-bond donors (Lipinski definition) is 2. The quantitative estimate of drug-likeness (QED) is 0.913. The van der Waals surface area contributed by atoms with Gasteiger partial charge in [-0.05, 0) is 34.1 Å². The predicted molar refractivity (Wildman–Crippen MR) is 70.5 cm³/mol. The van der Waals surface area contributed by atoms with Crippen molar-refractivity contribution >= 4 is 43.1 Å². The molecule has 0 saturated carbocycles. The van der Waals surface area contributed by atoms with E-state index in [1.807, 2.05) is 18.2 Å². The van der Waals surface area contributed by atoms with Gasteiger partial charge in [0.05, 0.1) is 17.8 Å². The smallest absolute Gasteiger partial charge is 0.189 e. The summed E-state index contributed by atoms with van der Waals surface area (Å²) in [5.74, 6) is 0.796. The van der Waals surface area contributed by atoms with E-state index in [2.05, 4.69) is 26.2 Å². The van der Waals surface area contributed by atoms with E-state index < -0.39 is 0 Å². The van der Waals surface area contributed by atoms with Gasteiger partial charge in [-0.2, -0.15) is 0 Å². The van der Waals surface area contributed by atoms with Gasteiger partial charge < -0.3 is 15.8 Å². The third-order valence-electron chi connectivity index (χ3n) is 1.93. The van der Waals surface area contributed by atoms with Crippen molar-refractivity contribution in [2.45, 2.75) is 0 Å². The molecule has 0 atom stereocenters. The van der Waals surface area contributed by atoms with Crippen LogP contribution in [0.25, 0.3) is 0 Å². The van der Waals surface area contributed by atoms with Gasteiger partial charge in [-0.3, -0.25) is 0 Å². The fraction of sp³-hybridized carbons (Fsp3) is 0.100. The van der Waals surface area contributed by atoms with Gasteiger partial charge in [-0.1, -0.05) is 11.3 Å². The van der Waals surface area contributed by atoms with Gasteiger partial charge in [-0.25, -0.2) is 4.98 Å². The molecule has 0 radical (unpaired) electrons. The molecule has 0 spiro atoms. The number of anilines is 3. The van der Waals surface area contributed by atoms with Crippen molar-refractivity contribution in [2.24, 2.45) is 0 Å². The second-order valence-electron chi connectivity index (χ2n) is 3.04. The van der Waals surface area contributed by atoms with E-state index in [1.165, 1.54) is 11.3 Å². The zero-order chi connectivity index (χ0) is 11.5. The molecule has 2 aromatic rings. The first-order valence-corrected chi connectivity index (χ1v) is 6.12. The van der Waals surface area contributed by atoms with Gasteiger partial charge in [0.15, 0.2) is 5.13 Å². The Bertz CT molecular complexity index is 501. The zero-order valence-corrected chi connectivity index (χ0v) is 10.9. The van der Waals surface area contributed by atoms with Crippen LogP contribution in [0.3, 0.4) is 0 Å². The summed E-state index contributed by atoms with van der Waals surface area (Å²) in [5, 5.41) is 4.62. The maximum atomic E-state index is 5.59. The van der Waals surface area contributed by atoms with Gasteiger partial charge in [-0.15, -0.1) is 0 Å². The van der Waals surface area contributed by atoms with Crippen LogP contribution in [0, 0.1) is 0 Å². The summed E-state index contributed by atoms with van der Waals surface area (Å²) in [6.07, 6.45) is 1.63. The van der Waals surface area contributed by atoms with Crippen molar-refractivity contribution in [2.75, 3.05) is 18.2 Å². The minimum atomic E-state index is 0.690. The Morgan fingerprint density at radius 3 is 2.88 bits per heavy atom. The molecule has 1 aromatic heterocycles. The van der Waals surface area contributed by atoms with Gasteiger partial charge in [0.1, 0.15) is 10.8 Å². The monoisotopic (exact) mass is 299 g/mol.